The summed E-state index contributed by atoms with van der Waals surface area (Å²) in [5.74, 6) is 0.437. The molecule has 1 atom stereocenters. The number of carbonyl (C=O) groups is 1. The van der Waals surface area contributed by atoms with Crippen molar-refractivity contribution in [3.05, 3.63) is 53.6 Å². The number of rotatable bonds is 7. The first-order chi connectivity index (χ1) is 14.8. The molecule has 168 valence electrons. The number of sulfonamides is 1. The van der Waals surface area contributed by atoms with Crippen molar-refractivity contribution in [1.29, 1.82) is 0 Å². The van der Waals surface area contributed by atoms with Crippen molar-refractivity contribution in [2.24, 2.45) is 0 Å². The fourth-order valence-electron chi connectivity index (χ4n) is 3.69. The molecule has 1 saturated heterocycles. The number of hydrogen-bond acceptors (Lipinski definition) is 4. The third kappa shape index (κ3) is 5.66. The Morgan fingerprint density at radius 3 is 2.29 bits per heavy atom. The van der Waals surface area contributed by atoms with Gasteiger partial charge in [0.2, 0.25) is 10.0 Å². The van der Waals surface area contributed by atoms with E-state index in [4.69, 9.17) is 4.74 Å². The van der Waals surface area contributed by atoms with E-state index in [-0.39, 0.29) is 10.8 Å². The van der Waals surface area contributed by atoms with Gasteiger partial charge in [0.1, 0.15) is 5.75 Å². The molecule has 1 fully saturated rings. The molecule has 0 unspecified atom stereocenters. The van der Waals surface area contributed by atoms with Gasteiger partial charge in [-0.2, -0.15) is 4.31 Å². The first-order valence-corrected chi connectivity index (χ1v) is 12.4. The highest BCUT2D eigenvalue weighted by atomic mass is 32.2. The standard InChI is InChI=1S/C24H32N2O4S/c1-4-22(30-23-11-9-10-18(2)19(23)3)24(27)25-20-12-14-21(15-13-20)31(28,29)26-16-7-5-6-8-17-26/h9-15,22H,4-8,16-17H2,1-3H3,(H,25,27)/t22-/m1/s1. The van der Waals surface area contributed by atoms with Crippen LogP contribution in [0, 0.1) is 13.8 Å². The number of carbonyl (C=O) groups excluding carboxylic acids is 1. The molecule has 0 aromatic heterocycles. The smallest absolute Gasteiger partial charge is 0.265 e. The molecule has 0 saturated carbocycles. The number of hydrogen-bond donors (Lipinski definition) is 1. The van der Waals surface area contributed by atoms with Crippen molar-refractivity contribution < 1.29 is 17.9 Å². The summed E-state index contributed by atoms with van der Waals surface area (Å²) in [5.41, 5.74) is 2.66. The molecule has 3 rings (SSSR count). The molecule has 1 heterocycles. The molecule has 1 amide bonds. The van der Waals surface area contributed by atoms with E-state index in [0.29, 0.717) is 30.9 Å². The zero-order valence-corrected chi connectivity index (χ0v) is 19.4. The van der Waals surface area contributed by atoms with Gasteiger partial charge in [-0.25, -0.2) is 8.42 Å². The van der Waals surface area contributed by atoms with Crippen molar-refractivity contribution >= 4 is 21.6 Å². The van der Waals surface area contributed by atoms with Crippen molar-refractivity contribution in [3.63, 3.8) is 0 Å². The van der Waals surface area contributed by atoms with Crippen LogP contribution in [0.2, 0.25) is 0 Å². The Bertz CT molecular complexity index is 995. The van der Waals surface area contributed by atoms with Crippen LogP contribution >= 0.6 is 0 Å². The van der Waals surface area contributed by atoms with Gasteiger partial charge in [-0.05, 0) is 74.6 Å². The third-order valence-corrected chi connectivity index (χ3v) is 7.72. The van der Waals surface area contributed by atoms with Gasteiger partial charge in [0.15, 0.2) is 6.10 Å². The predicted octanol–water partition coefficient (Wildman–Crippen LogP) is 4.66. The summed E-state index contributed by atoms with van der Waals surface area (Å²) in [4.78, 5) is 13.0. The maximum atomic E-state index is 12.9. The monoisotopic (exact) mass is 444 g/mol. The van der Waals surface area contributed by atoms with Crippen LogP contribution in [0.15, 0.2) is 47.4 Å². The molecule has 1 aliphatic heterocycles. The highest BCUT2D eigenvalue weighted by molar-refractivity contribution is 7.89. The number of anilines is 1. The fraction of sp³-hybridized carbons (Fsp3) is 0.458. The van der Waals surface area contributed by atoms with E-state index in [1.807, 2.05) is 39.0 Å². The molecule has 31 heavy (non-hydrogen) atoms. The molecule has 1 aliphatic rings. The van der Waals surface area contributed by atoms with Gasteiger partial charge in [-0.15, -0.1) is 0 Å². The molecule has 2 aromatic carbocycles. The topological polar surface area (TPSA) is 75.7 Å². The molecule has 0 spiro atoms. The minimum Gasteiger partial charge on any atom is -0.480 e. The van der Waals surface area contributed by atoms with E-state index in [1.54, 1.807) is 28.6 Å². The van der Waals surface area contributed by atoms with Crippen molar-refractivity contribution in [3.8, 4) is 5.75 Å². The predicted molar refractivity (Wildman–Crippen MR) is 123 cm³/mol. The average Bonchev–Trinajstić information content (AvgIpc) is 3.05. The molecular formula is C24H32N2O4S. The van der Waals surface area contributed by atoms with Crippen LogP contribution in [0.25, 0.3) is 0 Å². The molecular weight excluding hydrogens is 412 g/mol. The molecule has 2 aromatic rings. The summed E-state index contributed by atoms with van der Waals surface area (Å²) in [6.45, 7) is 7.00. The van der Waals surface area contributed by atoms with Crippen LogP contribution in [0.5, 0.6) is 5.75 Å². The van der Waals surface area contributed by atoms with Gasteiger partial charge in [0, 0.05) is 18.8 Å². The largest absolute Gasteiger partial charge is 0.480 e. The highest BCUT2D eigenvalue weighted by Crippen LogP contribution is 2.24. The summed E-state index contributed by atoms with van der Waals surface area (Å²) in [7, 11) is -3.51. The minimum absolute atomic E-state index is 0.256. The number of benzene rings is 2. The summed E-state index contributed by atoms with van der Waals surface area (Å²) in [6, 6.07) is 12.2. The summed E-state index contributed by atoms with van der Waals surface area (Å²) in [6.07, 6.45) is 3.80. The van der Waals surface area contributed by atoms with E-state index in [2.05, 4.69) is 5.32 Å². The lowest BCUT2D eigenvalue weighted by molar-refractivity contribution is -0.122. The van der Waals surface area contributed by atoms with Gasteiger partial charge in [-0.3, -0.25) is 4.79 Å². The summed E-state index contributed by atoms with van der Waals surface area (Å²) < 4.78 is 33.4. The lowest BCUT2D eigenvalue weighted by Gasteiger charge is -2.21. The maximum Gasteiger partial charge on any atom is 0.265 e. The van der Waals surface area contributed by atoms with Gasteiger partial charge in [-0.1, -0.05) is 31.9 Å². The maximum absolute atomic E-state index is 12.9. The Labute approximate surface area is 185 Å². The number of amides is 1. The molecule has 1 N–H and O–H groups in total. The van der Waals surface area contributed by atoms with Gasteiger partial charge in [0.05, 0.1) is 4.90 Å². The molecule has 0 aliphatic carbocycles. The number of nitrogens with one attached hydrogen (secondary N) is 1. The van der Waals surface area contributed by atoms with E-state index >= 15 is 0 Å². The van der Waals surface area contributed by atoms with E-state index < -0.39 is 16.1 Å². The minimum atomic E-state index is -3.51. The second-order valence-corrected chi connectivity index (χ2v) is 9.98. The van der Waals surface area contributed by atoms with Gasteiger partial charge >= 0.3 is 0 Å². The lowest BCUT2D eigenvalue weighted by atomic mass is 10.1. The lowest BCUT2D eigenvalue weighted by Crippen LogP contribution is -2.33. The van der Waals surface area contributed by atoms with Crippen LogP contribution in [-0.2, 0) is 14.8 Å². The van der Waals surface area contributed by atoms with Gasteiger partial charge < -0.3 is 10.1 Å². The van der Waals surface area contributed by atoms with Crippen LogP contribution in [-0.4, -0.2) is 37.8 Å². The van der Waals surface area contributed by atoms with Gasteiger partial charge in [0.25, 0.3) is 5.91 Å². The molecule has 0 radical (unpaired) electrons. The zero-order chi connectivity index (χ0) is 22.4. The number of ether oxygens (including phenoxy) is 1. The Morgan fingerprint density at radius 1 is 1.03 bits per heavy atom. The number of nitrogens with zero attached hydrogens (tertiary/aromatic N) is 1. The highest BCUT2D eigenvalue weighted by Gasteiger charge is 2.25. The fourth-order valence-corrected chi connectivity index (χ4v) is 5.21. The van der Waals surface area contributed by atoms with E-state index in [0.717, 1.165) is 36.8 Å². The molecule has 6 nitrogen and oxygen atoms in total. The van der Waals surface area contributed by atoms with Crippen LogP contribution in [0.1, 0.15) is 50.2 Å². The zero-order valence-electron chi connectivity index (χ0n) is 18.6. The van der Waals surface area contributed by atoms with E-state index in [1.165, 1.54) is 0 Å². The molecule has 7 heteroatoms. The first-order valence-electron chi connectivity index (χ1n) is 11.0. The normalized spacial score (nSPS) is 16.4. The molecule has 0 bridgehead atoms. The Morgan fingerprint density at radius 2 is 1.68 bits per heavy atom. The SMILES string of the molecule is CC[C@@H](Oc1cccc(C)c1C)C(=O)Nc1ccc(S(=O)(=O)N2CCCCCC2)cc1. The Kier molecular flexibility index (Phi) is 7.73. The quantitative estimate of drug-likeness (QED) is 0.674. The van der Waals surface area contributed by atoms with Crippen LogP contribution in [0.4, 0.5) is 5.69 Å². The summed E-state index contributed by atoms with van der Waals surface area (Å²) in [5, 5.41) is 2.84. The van der Waals surface area contributed by atoms with Crippen LogP contribution < -0.4 is 10.1 Å². The second kappa shape index (κ2) is 10.3. The van der Waals surface area contributed by atoms with E-state index in [9.17, 15) is 13.2 Å². The third-order valence-electron chi connectivity index (χ3n) is 5.81. The number of aryl methyl sites for hydroxylation is 1. The Balaban J connectivity index is 1.68. The Hall–Kier alpha value is -2.38. The average molecular weight is 445 g/mol. The van der Waals surface area contributed by atoms with Crippen molar-refractivity contribution in [2.45, 2.75) is 63.9 Å². The van der Waals surface area contributed by atoms with Crippen molar-refractivity contribution in [2.75, 3.05) is 18.4 Å². The second-order valence-electron chi connectivity index (χ2n) is 8.04. The first kappa shape index (κ1) is 23.3. The van der Waals surface area contributed by atoms with Crippen LogP contribution in [0.3, 0.4) is 0 Å². The summed E-state index contributed by atoms with van der Waals surface area (Å²) >= 11 is 0. The van der Waals surface area contributed by atoms with Crippen molar-refractivity contribution in [1.82, 2.24) is 4.31 Å².